The molecule has 0 saturated carbocycles. The van der Waals surface area contributed by atoms with Crippen molar-refractivity contribution in [2.24, 2.45) is 7.05 Å². The first-order valence-corrected chi connectivity index (χ1v) is 5.79. The van der Waals surface area contributed by atoms with Crippen LogP contribution >= 0.6 is 0 Å². The van der Waals surface area contributed by atoms with Gasteiger partial charge in [0.15, 0.2) is 5.82 Å². The number of hydrogen-bond acceptors (Lipinski definition) is 6. The predicted octanol–water partition coefficient (Wildman–Crippen LogP) is 1.32. The molecular weight excluding hydrogens is 246 g/mol. The van der Waals surface area contributed by atoms with E-state index in [-0.39, 0.29) is 12.2 Å². The van der Waals surface area contributed by atoms with Gasteiger partial charge in [0.1, 0.15) is 11.4 Å². The van der Waals surface area contributed by atoms with Crippen LogP contribution in [0.3, 0.4) is 0 Å². The molecule has 0 amide bonds. The molecule has 2 aromatic rings. The quantitative estimate of drug-likeness (QED) is 0.806. The Bertz CT molecular complexity index is 594. The number of carbonyl (C=O) groups excluding carboxylic acids is 1. The number of nitrogens with one attached hydrogen (secondary N) is 1. The van der Waals surface area contributed by atoms with Gasteiger partial charge in [-0.1, -0.05) is 0 Å². The molecule has 2 heterocycles. The minimum atomic E-state index is -0.472. The second kappa shape index (κ2) is 5.38. The lowest BCUT2D eigenvalue weighted by Gasteiger charge is -2.09. The number of nitrogen functional groups attached to an aromatic ring is 1. The Balaban J connectivity index is 2.31. The fourth-order valence-electron chi connectivity index (χ4n) is 1.55. The number of esters is 1. The Kier molecular flexibility index (Phi) is 3.65. The second-order valence-corrected chi connectivity index (χ2v) is 3.88. The van der Waals surface area contributed by atoms with Crippen molar-refractivity contribution >= 4 is 23.3 Å². The van der Waals surface area contributed by atoms with E-state index in [0.717, 1.165) is 0 Å². The number of aryl methyl sites for hydroxylation is 1. The molecule has 0 aliphatic heterocycles. The molecule has 3 N–H and O–H groups in total. The highest BCUT2D eigenvalue weighted by Crippen LogP contribution is 2.20. The summed E-state index contributed by atoms with van der Waals surface area (Å²) in [7, 11) is 1.80. The van der Waals surface area contributed by atoms with Crippen molar-refractivity contribution in [3.05, 3.63) is 30.1 Å². The van der Waals surface area contributed by atoms with Crippen LogP contribution in [0.2, 0.25) is 0 Å². The molecule has 0 spiro atoms. The summed E-state index contributed by atoms with van der Waals surface area (Å²) < 4.78 is 6.61. The van der Waals surface area contributed by atoms with E-state index in [9.17, 15) is 4.79 Å². The Morgan fingerprint density at radius 1 is 1.58 bits per heavy atom. The highest BCUT2D eigenvalue weighted by atomic mass is 16.5. The van der Waals surface area contributed by atoms with E-state index in [2.05, 4.69) is 15.4 Å². The summed E-state index contributed by atoms with van der Waals surface area (Å²) in [6.45, 7) is 2.03. The zero-order valence-corrected chi connectivity index (χ0v) is 10.8. The molecule has 0 aliphatic rings. The fraction of sp³-hybridized carbons (Fsp3) is 0.250. The van der Waals surface area contributed by atoms with E-state index < -0.39 is 5.97 Å². The molecule has 2 aromatic heterocycles. The van der Waals surface area contributed by atoms with E-state index in [1.54, 1.807) is 30.9 Å². The summed E-state index contributed by atoms with van der Waals surface area (Å²) >= 11 is 0. The SMILES string of the molecule is CCOC(=O)c1cc(N)cnc1Nc1ccn(C)n1. The third kappa shape index (κ3) is 3.01. The van der Waals surface area contributed by atoms with Gasteiger partial charge in [-0.2, -0.15) is 5.10 Å². The number of hydrogen-bond donors (Lipinski definition) is 2. The highest BCUT2D eigenvalue weighted by Gasteiger charge is 2.15. The molecule has 0 unspecified atom stereocenters. The summed E-state index contributed by atoms with van der Waals surface area (Å²) in [6, 6.07) is 3.29. The molecule has 7 heteroatoms. The molecule has 2 rings (SSSR count). The van der Waals surface area contributed by atoms with Crippen LogP contribution in [0.5, 0.6) is 0 Å². The van der Waals surface area contributed by atoms with Crippen LogP contribution in [-0.2, 0) is 11.8 Å². The fourth-order valence-corrected chi connectivity index (χ4v) is 1.55. The van der Waals surface area contributed by atoms with Crippen molar-refractivity contribution in [3.8, 4) is 0 Å². The Morgan fingerprint density at radius 3 is 3.00 bits per heavy atom. The molecule has 0 saturated heterocycles. The minimum absolute atomic E-state index is 0.285. The van der Waals surface area contributed by atoms with Crippen LogP contribution < -0.4 is 11.1 Å². The van der Waals surface area contributed by atoms with Crippen LogP contribution in [0.25, 0.3) is 0 Å². The third-order valence-corrected chi connectivity index (χ3v) is 2.36. The monoisotopic (exact) mass is 261 g/mol. The lowest BCUT2D eigenvalue weighted by atomic mass is 10.2. The van der Waals surface area contributed by atoms with Gasteiger partial charge >= 0.3 is 5.97 Å². The highest BCUT2D eigenvalue weighted by molar-refractivity contribution is 5.96. The number of anilines is 3. The van der Waals surface area contributed by atoms with Crippen LogP contribution in [-0.4, -0.2) is 27.3 Å². The third-order valence-electron chi connectivity index (χ3n) is 2.36. The molecule has 0 bridgehead atoms. The first-order valence-electron chi connectivity index (χ1n) is 5.79. The number of aromatic nitrogens is 3. The number of nitrogens with zero attached hydrogens (tertiary/aromatic N) is 3. The maximum atomic E-state index is 11.8. The van der Waals surface area contributed by atoms with Crippen molar-refractivity contribution in [1.82, 2.24) is 14.8 Å². The molecule has 100 valence electrons. The van der Waals surface area contributed by atoms with Crippen LogP contribution in [0.1, 0.15) is 17.3 Å². The number of carbonyl (C=O) groups is 1. The van der Waals surface area contributed by atoms with Crippen LogP contribution in [0.4, 0.5) is 17.3 Å². The molecule has 19 heavy (non-hydrogen) atoms. The topological polar surface area (TPSA) is 95.1 Å². The van der Waals surface area contributed by atoms with E-state index in [1.165, 1.54) is 12.3 Å². The van der Waals surface area contributed by atoms with Gasteiger partial charge in [0, 0.05) is 19.3 Å². The Morgan fingerprint density at radius 2 is 2.37 bits per heavy atom. The van der Waals surface area contributed by atoms with Crippen molar-refractivity contribution in [3.63, 3.8) is 0 Å². The number of rotatable bonds is 4. The Hall–Kier alpha value is -2.57. The van der Waals surface area contributed by atoms with E-state index in [1.807, 2.05) is 0 Å². The van der Waals surface area contributed by atoms with Crippen molar-refractivity contribution < 1.29 is 9.53 Å². The summed E-state index contributed by atoms with van der Waals surface area (Å²) in [4.78, 5) is 15.9. The van der Waals surface area contributed by atoms with Gasteiger partial charge in [-0.3, -0.25) is 4.68 Å². The molecule has 0 aliphatic carbocycles. The van der Waals surface area contributed by atoms with Crippen LogP contribution in [0, 0.1) is 0 Å². The van der Waals surface area contributed by atoms with E-state index in [4.69, 9.17) is 10.5 Å². The van der Waals surface area contributed by atoms with Crippen molar-refractivity contribution in [1.29, 1.82) is 0 Å². The van der Waals surface area contributed by atoms with Crippen molar-refractivity contribution in [2.75, 3.05) is 17.7 Å². The maximum Gasteiger partial charge on any atom is 0.341 e. The van der Waals surface area contributed by atoms with Gasteiger partial charge in [0.05, 0.1) is 18.5 Å². The largest absolute Gasteiger partial charge is 0.462 e. The van der Waals surface area contributed by atoms with Crippen LogP contribution in [0.15, 0.2) is 24.5 Å². The van der Waals surface area contributed by atoms with Gasteiger partial charge in [0.25, 0.3) is 0 Å². The number of pyridine rings is 1. The molecule has 7 nitrogen and oxygen atoms in total. The van der Waals surface area contributed by atoms with Gasteiger partial charge in [0.2, 0.25) is 0 Å². The van der Waals surface area contributed by atoms with Gasteiger partial charge in [-0.25, -0.2) is 9.78 Å². The molecule has 0 radical (unpaired) electrons. The summed E-state index contributed by atoms with van der Waals surface area (Å²) in [5.74, 6) is 0.484. The van der Waals surface area contributed by atoms with E-state index >= 15 is 0 Å². The molecule has 0 aromatic carbocycles. The number of nitrogens with two attached hydrogens (primary N) is 1. The second-order valence-electron chi connectivity index (χ2n) is 3.88. The Labute approximate surface area is 110 Å². The average molecular weight is 261 g/mol. The van der Waals surface area contributed by atoms with Crippen molar-refractivity contribution in [2.45, 2.75) is 6.92 Å². The summed E-state index contributed by atoms with van der Waals surface area (Å²) in [6.07, 6.45) is 3.25. The standard InChI is InChI=1S/C12H15N5O2/c1-3-19-12(18)9-6-8(13)7-14-11(9)15-10-4-5-17(2)16-10/h4-7H,3,13H2,1-2H3,(H,14,15,16). The minimum Gasteiger partial charge on any atom is -0.462 e. The lowest BCUT2D eigenvalue weighted by molar-refractivity contribution is 0.0527. The summed E-state index contributed by atoms with van der Waals surface area (Å²) in [5, 5.41) is 7.12. The van der Waals surface area contributed by atoms with Gasteiger partial charge in [-0.15, -0.1) is 0 Å². The predicted molar refractivity (Wildman–Crippen MR) is 71.1 cm³/mol. The smallest absolute Gasteiger partial charge is 0.341 e. The first kappa shape index (κ1) is 12.9. The van der Waals surface area contributed by atoms with Gasteiger partial charge < -0.3 is 15.8 Å². The zero-order valence-electron chi connectivity index (χ0n) is 10.8. The molecule has 0 fully saturated rings. The first-order chi connectivity index (χ1) is 9.10. The lowest BCUT2D eigenvalue weighted by Crippen LogP contribution is -2.10. The van der Waals surface area contributed by atoms with Gasteiger partial charge in [-0.05, 0) is 13.0 Å². The van der Waals surface area contributed by atoms with E-state index in [0.29, 0.717) is 17.3 Å². The normalized spacial score (nSPS) is 10.2. The average Bonchev–Trinajstić information content (AvgIpc) is 2.77. The maximum absolute atomic E-state index is 11.8. The zero-order chi connectivity index (χ0) is 13.8. The number of ether oxygens (including phenoxy) is 1. The molecule has 0 atom stereocenters. The molecular formula is C12H15N5O2. The summed E-state index contributed by atoms with van der Waals surface area (Å²) in [5.41, 5.74) is 6.32.